The highest BCUT2D eigenvalue weighted by Crippen LogP contribution is 1.98. The van der Waals surface area contributed by atoms with Crippen LogP contribution in [0.3, 0.4) is 0 Å². The molecule has 0 aromatic heterocycles. The summed E-state index contributed by atoms with van der Waals surface area (Å²) in [6.45, 7) is 0. The van der Waals surface area contributed by atoms with Crippen molar-refractivity contribution in [3.63, 3.8) is 0 Å². The molecule has 0 atom stereocenters. The Morgan fingerprint density at radius 3 is 2.29 bits per heavy atom. The van der Waals surface area contributed by atoms with Gasteiger partial charge < -0.3 is 10.4 Å². The smallest absolute Gasteiger partial charge is 0.0728 e. The van der Waals surface area contributed by atoms with Gasteiger partial charge in [0.15, 0.2) is 0 Å². The second-order valence-corrected chi connectivity index (χ2v) is 1.49. The van der Waals surface area contributed by atoms with Gasteiger partial charge in [0.2, 0.25) is 0 Å². The third kappa shape index (κ3) is 3.14. The van der Waals surface area contributed by atoms with E-state index >= 15 is 0 Å². The van der Waals surface area contributed by atoms with Crippen LogP contribution >= 0.6 is 22.9 Å². The van der Waals surface area contributed by atoms with Crippen molar-refractivity contribution in [1.82, 2.24) is 8.72 Å². The van der Waals surface area contributed by atoms with Gasteiger partial charge in [-0.2, -0.15) is 5.34 Å². The van der Waals surface area contributed by atoms with E-state index in [0.717, 1.165) is 0 Å². The second-order valence-electron chi connectivity index (χ2n) is 0.662. The summed E-state index contributed by atoms with van der Waals surface area (Å²) in [5, 5.41) is 17.1. The molecule has 5 nitrogen and oxygen atoms in total. The van der Waals surface area contributed by atoms with Crippen LogP contribution in [0.15, 0.2) is 0 Å². The second kappa shape index (κ2) is 3.52. The quantitative estimate of drug-likeness (QED) is 0.411. The summed E-state index contributed by atoms with van der Waals surface area (Å²) in [6.07, 6.45) is 0. The first kappa shape index (κ1) is 7.53. The van der Waals surface area contributed by atoms with E-state index in [1.807, 2.05) is 0 Å². The molecule has 0 bridgehead atoms. The maximum atomic E-state index is 9.64. The lowest BCUT2D eigenvalue weighted by Crippen LogP contribution is -2.25. The number of hydrazine groups is 1. The Kier molecular flexibility index (Phi) is 3.79. The van der Waals surface area contributed by atoms with Crippen molar-refractivity contribution in [3.05, 3.63) is 5.21 Å². The van der Waals surface area contributed by atoms with Crippen LogP contribution in [0.4, 0.5) is 0 Å². The highest BCUT2D eigenvalue weighted by atomic mass is 127. The molecule has 44 valence electrons. The van der Waals surface area contributed by atoms with E-state index in [1.165, 1.54) is 30.0 Å². The first-order chi connectivity index (χ1) is 3.18. The predicted molar refractivity (Wildman–Crippen MR) is 29.9 cm³/mol. The third-order valence-electron chi connectivity index (χ3n) is 0.285. The largest absolute Gasteiger partial charge is 0.746 e. The monoisotopic (exact) mass is 219 g/mol. The molecule has 0 aliphatic carbocycles. The zero-order valence-electron chi connectivity index (χ0n) is 3.54. The molecule has 0 amide bonds. The zero-order chi connectivity index (χ0) is 5.86. The Hall–Kier alpha value is 0.530. The lowest BCUT2D eigenvalue weighted by Gasteiger charge is -2.24. The fourth-order valence-corrected chi connectivity index (χ4v) is 0.0698. The van der Waals surface area contributed by atoms with Gasteiger partial charge in [0, 0.05) is 0 Å². The van der Waals surface area contributed by atoms with E-state index in [9.17, 15) is 5.21 Å². The van der Waals surface area contributed by atoms with Gasteiger partial charge in [0.25, 0.3) is 0 Å². The van der Waals surface area contributed by atoms with E-state index in [1.54, 1.807) is 0 Å². The van der Waals surface area contributed by atoms with Crippen molar-refractivity contribution >= 4 is 22.9 Å². The Labute approximate surface area is 54.4 Å². The summed E-state index contributed by atoms with van der Waals surface area (Å²) in [5.74, 6) is 0. The lowest BCUT2D eigenvalue weighted by atomic mass is 11.7. The SMILES string of the molecule is CON(I)N([O-])O. The average molecular weight is 219 g/mol. The molecule has 0 aliphatic rings. The van der Waals surface area contributed by atoms with Gasteiger partial charge in [0.1, 0.15) is 0 Å². The van der Waals surface area contributed by atoms with Crippen molar-refractivity contribution in [2.24, 2.45) is 0 Å². The minimum atomic E-state index is -0.430. The Balaban J connectivity index is 3.14. The molecule has 0 spiro atoms. The maximum absolute atomic E-state index is 9.64. The molecule has 0 radical (unpaired) electrons. The van der Waals surface area contributed by atoms with Crippen LogP contribution < -0.4 is 0 Å². The predicted octanol–water partition coefficient (Wildman–Crippen LogP) is 0.304. The van der Waals surface area contributed by atoms with Gasteiger partial charge in [0.05, 0.1) is 30.0 Å². The van der Waals surface area contributed by atoms with E-state index < -0.39 is 5.34 Å². The topological polar surface area (TPSA) is 59.0 Å². The van der Waals surface area contributed by atoms with Crippen molar-refractivity contribution in [2.75, 3.05) is 7.11 Å². The first-order valence-electron chi connectivity index (χ1n) is 1.34. The summed E-state index contributed by atoms with van der Waals surface area (Å²) in [4.78, 5) is 4.20. The summed E-state index contributed by atoms with van der Waals surface area (Å²) in [5.41, 5.74) is 0. The molecule has 6 heteroatoms. The van der Waals surface area contributed by atoms with Crippen LogP contribution in [0, 0.1) is 5.21 Å². The van der Waals surface area contributed by atoms with Gasteiger partial charge in [-0.05, 0) is 3.39 Å². The van der Waals surface area contributed by atoms with E-state index in [0.29, 0.717) is 3.39 Å². The average Bonchev–Trinajstić information content (AvgIpc) is 1.65. The minimum Gasteiger partial charge on any atom is -0.746 e. The molecular weight excluding hydrogens is 215 g/mol. The van der Waals surface area contributed by atoms with E-state index in [2.05, 4.69) is 4.84 Å². The van der Waals surface area contributed by atoms with Gasteiger partial charge in [-0.1, -0.05) is 0 Å². The molecule has 0 aromatic carbocycles. The summed E-state index contributed by atoms with van der Waals surface area (Å²) < 4.78 is 0.595. The lowest BCUT2D eigenvalue weighted by molar-refractivity contribution is -0.275. The van der Waals surface area contributed by atoms with Gasteiger partial charge in [-0.15, -0.1) is 0 Å². The van der Waals surface area contributed by atoms with Crippen LogP contribution in [0.2, 0.25) is 0 Å². The molecular formula is CH4IN2O3-. The van der Waals surface area contributed by atoms with Crippen molar-refractivity contribution in [2.45, 2.75) is 0 Å². The number of hydrogen-bond acceptors (Lipinski definition) is 5. The minimum absolute atomic E-state index is 0.430. The Bertz CT molecular complexity index is 50.2. The van der Waals surface area contributed by atoms with Crippen molar-refractivity contribution < 1.29 is 10.0 Å². The molecule has 0 aliphatic heterocycles. The van der Waals surface area contributed by atoms with E-state index in [4.69, 9.17) is 5.21 Å². The fraction of sp³-hybridized carbons (Fsp3) is 1.00. The molecule has 0 aromatic rings. The molecule has 1 N–H and O–H groups in total. The molecule has 0 fully saturated rings. The summed E-state index contributed by atoms with van der Waals surface area (Å²) in [6, 6.07) is 0. The number of hydrogen-bond donors (Lipinski definition) is 1. The number of halogens is 1. The molecule has 7 heavy (non-hydrogen) atoms. The molecule has 0 unspecified atom stereocenters. The van der Waals surface area contributed by atoms with Crippen LogP contribution in [-0.4, -0.2) is 21.0 Å². The Morgan fingerprint density at radius 2 is 2.29 bits per heavy atom. The van der Waals surface area contributed by atoms with Crippen LogP contribution in [0.5, 0.6) is 0 Å². The highest BCUT2D eigenvalue weighted by molar-refractivity contribution is 14.1. The highest BCUT2D eigenvalue weighted by Gasteiger charge is 1.91. The summed E-state index contributed by atoms with van der Waals surface area (Å²) >= 11 is 1.47. The zero-order valence-corrected chi connectivity index (χ0v) is 5.69. The maximum Gasteiger partial charge on any atom is 0.0728 e. The summed E-state index contributed by atoms with van der Waals surface area (Å²) in [7, 11) is 1.26. The van der Waals surface area contributed by atoms with Gasteiger partial charge in [-0.25, -0.2) is 0 Å². The first-order valence-corrected chi connectivity index (χ1v) is 2.31. The van der Waals surface area contributed by atoms with Crippen LogP contribution in [-0.2, 0) is 4.84 Å². The number of nitrogens with zero attached hydrogens (tertiary/aromatic N) is 2. The number of rotatable bonds is 2. The van der Waals surface area contributed by atoms with Crippen molar-refractivity contribution in [3.8, 4) is 0 Å². The fourth-order valence-electron chi connectivity index (χ4n) is 0.0698. The Morgan fingerprint density at radius 1 is 1.86 bits per heavy atom. The van der Waals surface area contributed by atoms with Gasteiger partial charge in [-0.3, -0.25) is 4.84 Å². The van der Waals surface area contributed by atoms with Crippen LogP contribution in [0.1, 0.15) is 0 Å². The third-order valence-corrected chi connectivity index (χ3v) is 1.05. The van der Waals surface area contributed by atoms with E-state index in [-0.39, 0.29) is 0 Å². The molecule has 0 rings (SSSR count). The molecule has 0 saturated carbocycles. The van der Waals surface area contributed by atoms with Crippen molar-refractivity contribution in [1.29, 1.82) is 0 Å². The van der Waals surface area contributed by atoms with Gasteiger partial charge >= 0.3 is 0 Å². The van der Waals surface area contributed by atoms with Crippen LogP contribution in [0.25, 0.3) is 0 Å². The molecule has 0 saturated heterocycles. The molecule has 0 heterocycles. The normalized spacial score (nSPS) is 11.1. The standard InChI is InChI=1S/CH4IN2O3/c1-7-3(2)4(5)6/h5H,1H3/q-1.